The molecule has 1 atom stereocenters. The first kappa shape index (κ1) is 32.4. The number of rotatable bonds is 12. The van der Waals surface area contributed by atoms with Crippen molar-refractivity contribution in [1.82, 2.24) is 4.90 Å². The summed E-state index contributed by atoms with van der Waals surface area (Å²) in [7, 11) is -3.43. The maximum absolute atomic E-state index is 13.5. The Kier molecular flexibility index (Phi) is 13.5. The van der Waals surface area contributed by atoms with Gasteiger partial charge < -0.3 is 14.7 Å². The predicted molar refractivity (Wildman–Crippen MR) is 149 cm³/mol. The third kappa shape index (κ3) is 10.3. The average Bonchev–Trinajstić information content (AvgIpc) is 2.93. The van der Waals surface area contributed by atoms with Gasteiger partial charge in [0.15, 0.2) is 0 Å². The van der Waals surface area contributed by atoms with Gasteiger partial charge in [0, 0.05) is 22.8 Å². The van der Waals surface area contributed by atoms with Gasteiger partial charge in [0.05, 0.1) is 30.8 Å². The van der Waals surface area contributed by atoms with E-state index in [9.17, 15) is 13.5 Å². The van der Waals surface area contributed by atoms with Gasteiger partial charge in [-0.2, -0.15) is 0 Å². The van der Waals surface area contributed by atoms with Crippen LogP contribution in [0, 0.1) is 0 Å². The highest BCUT2D eigenvalue weighted by Crippen LogP contribution is 2.28. The summed E-state index contributed by atoms with van der Waals surface area (Å²) in [5, 5.41) is 17.4. The first-order valence-electron chi connectivity index (χ1n) is 11.5. The standard InChI is InChI=1S/C26H29ClN2O4S.HO4P/c1-28(17-5-6-21-9-11-23(27)12-10-21)20-22-7-3-4-8-26(22)29(18-19-30)34(31,32)25-15-13-24(33-2)14-16-25;1-4-5(2)3/h3-16,30H,17-20H2,1-2H3;1H/b6-5+;. The van der Waals surface area contributed by atoms with Crippen molar-refractivity contribution in [2.75, 3.05) is 38.2 Å². The zero-order valence-corrected chi connectivity index (χ0v) is 23.8. The molecule has 0 heterocycles. The number of aliphatic hydroxyl groups excluding tert-OH is 1. The van der Waals surface area contributed by atoms with E-state index in [1.165, 1.54) is 23.5 Å². The molecule has 0 saturated carbocycles. The van der Waals surface area contributed by atoms with Crippen LogP contribution in [0.5, 0.6) is 5.75 Å². The van der Waals surface area contributed by atoms with Crippen LogP contribution in [0.4, 0.5) is 5.69 Å². The summed E-state index contributed by atoms with van der Waals surface area (Å²) in [5.74, 6) is 0.571. The van der Waals surface area contributed by atoms with Crippen LogP contribution in [0.25, 0.3) is 6.08 Å². The maximum atomic E-state index is 13.5. The second-order valence-electron chi connectivity index (χ2n) is 8.06. The van der Waals surface area contributed by atoms with Gasteiger partial charge in [0.1, 0.15) is 5.75 Å². The molecule has 0 spiro atoms. The molecule has 39 heavy (non-hydrogen) atoms. The van der Waals surface area contributed by atoms with Crippen molar-refractivity contribution >= 4 is 41.6 Å². The Morgan fingerprint density at radius 2 is 1.67 bits per heavy atom. The lowest BCUT2D eigenvalue weighted by Gasteiger charge is -2.27. The third-order valence-electron chi connectivity index (χ3n) is 5.32. The smallest absolute Gasteiger partial charge is 0.521 e. The second-order valence-corrected chi connectivity index (χ2v) is 11.0. The van der Waals surface area contributed by atoms with E-state index in [4.69, 9.17) is 31.1 Å². The molecule has 3 aromatic carbocycles. The molecule has 13 heteroatoms. The van der Waals surface area contributed by atoms with Gasteiger partial charge in [-0.25, -0.2) is 13.7 Å². The molecule has 10 nitrogen and oxygen atoms in total. The number of methoxy groups -OCH3 is 1. The molecule has 0 radical (unpaired) electrons. The number of hydrogen-bond acceptors (Lipinski definition) is 9. The van der Waals surface area contributed by atoms with E-state index >= 15 is 0 Å². The summed E-state index contributed by atoms with van der Waals surface area (Å²) in [6.45, 7) is 0.846. The zero-order chi connectivity index (χ0) is 28.8. The number of sulfonamides is 1. The van der Waals surface area contributed by atoms with Gasteiger partial charge in [-0.3, -0.25) is 9.21 Å². The van der Waals surface area contributed by atoms with Gasteiger partial charge in [-0.1, -0.05) is 54.1 Å². The fraction of sp³-hybridized carbons (Fsp3) is 0.231. The minimum Gasteiger partial charge on any atom is -0.565 e. The lowest BCUT2D eigenvalue weighted by Crippen LogP contribution is -2.35. The summed E-state index contributed by atoms with van der Waals surface area (Å²) in [5.41, 5.74) is 2.44. The Hall–Kier alpha value is -2.86. The van der Waals surface area contributed by atoms with Crippen molar-refractivity contribution in [3.8, 4) is 5.75 Å². The zero-order valence-electron chi connectivity index (χ0n) is 21.4. The number of ether oxygens (including phenoxy) is 1. The highest BCUT2D eigenvalue weighted by atomic mass is 35.5. The topological polar surface area (TPSA) is 140 Å². The molecule has 3 aromatic rings. The molecule has 0 aliphatic carbocycles. The normalized spacial score (nSPS) is 11.7. The molecule has 0 aliphatic rings. The van der Waals surface area contributed by atoms with E-state index in [-0.39, 0.29) is 18.0 Å². The molecule has 210 valence electrons. The SMILES string of the molecule is COc1ccc(S(=O)(=O)N(CCO)c2ccccc2CN(C)C/C=C/c2ccc(Cl)cc2)cc1.O=[P+]([O-])OO. The van der Waals surface area contributed by atoms with Crippen LogP contribution in [-0.4, -0.2) is 57.5 Å². The molecule has 0 amide bonds. The molecular weight excluding hydrogens is 567 g/mol. The Morgan fingerprint density at radius 1 is 1.05 bits per heavy atom. The lowest BCUT2D eigenvalue weighted by molar-refractivity contribution is -0.244. The van der Waals surface area contributed by atoms with E-state index < -0.39 is 18.3 Å². The van der Waals surface area contributed by atoms with E-state index in [2.05, 4.69) is 9.57 Å². The number of aliphatic hydroxyl groups is 1. The summed E-state index contributed by atoms with van der Waals surface area (Å²) in [6, 6.07) is 21.2. The summed E-state index contributed by atoms with van der Waals surface area (Å²) in [6.07, 6.45) is 4.07. The van der Waals surface area contributed by atoms with E-state index in [0.29, 0.717) is 29.5 Å². The van der Waals surface area contributed by atoms with Crippen LogP contribution in [-0.2, 0) is 25.8 Å². The van der Waals surface area contributed by atoms with Gasteiger partial charge in [-0.15, -0.1) is 0 Å². The van der Waals surface area contributed by atoms with Gasteiger partial charge >= 0.3 is 8.25 Å². The van der Waals surface area contributed by atoms with Crippen LogP contribution >= 0.6 is 19.9 Å². The maximum Gasteiger partial charge on any atom is 0.521 e. The van der Waals surface area contributed by atoms with Crippen LogP contribution in [0.15, 0.2) is 83.8 Å². The molecule has 0 bridgehead atoms. The van der Waals surface area contributed by atoms with Crippen molar-refractivity contribution < 1.29 is 37.7 Å². The molecule has 0 fully saturated rings. The fourth-order valence-corrected chi connectivity index (χ4v) is 5.14. The average molecular weight is 597 g/mol. The van der Waals surface area contributed by atoms with Gasteiger partial charge in [0.2, 0.25) is 0 Å². The van der Waals surface area contributed by atoms with Crippen molar-refractivity contribution in [2.24, 2.45) is 0 Å². The first-order valence-corrected chi connectivity index (χ1v) is 14.5. The molecule has 0 saturated heterocycles. The van der Waals surface area contributed by atoms with Crippen molar-refractivity contribution in [3.63, 3.8) is 0 Å². The number of benzene rings is 3. The summed E-state index contributed by atoms with van der Waals surface area (Å²) >= 11 is 5.93. The Morgan fingerprint density at radius 3 is 2.23 bits per heavy atom. The highest BCUT2D eigenvalue weighted by Gasteiger charge is 2.26. The summed E-state index contributed by atoms with van der Waals surface area (Å²) < 4.78 is 44.9. The van der Waals surface area contributed by atoms with Crippen LogP contribution in [0.3, 0.4) is 0 Å². The number of para-hydroxylation sites is 1. The van der Waals surface area contributed by atoms with Crippen molar-refractivity contribution in [1.29, 1.82) is 0 Å². The van der Waals surface area contributed by atoms with Gasteiger partial charge in [-0.05, 0) is 65.2 Å². The van der Waals surface area contributed by atoms with E-state index in [0.717, 1.165) is 11.1 Å². The number of hydrogen-bond donors (Lipinski definition) is 2. The minimum atomic E-state index is -3.88. The Labute approximate surface area is 234 Å². The molecule has 2 N–H and O–H groups in total. The van der Waals surface area contributed by atoms with Crippen LogP contribution < -0.4 is 13.9 Å². The fourth-order valence-electron chi connectivity index (χ4n) is 3.52. The van der Waals surface area contributed by atoms with Gasteiger partial charge in [0.25, 0.3) is 10.0 Å². The predicted octanol–water partition coefficient (Wildman–Crippen LogP) is 4.18. The summed E-state index contributed by atoms with van der Waals surface area (Å²) in [4.78, 5) is 11.2. The van der Waals surface area contributed by atoms with Crippen molar-refractivity contribution in [2.45, 2.75) is 11.4 Å². The van der Waals surface area contributed by atoms with E-state index in [1.54, 1.807) is 24.3 Å². The van der Waals surface area contributed by atoms with Crippen LogP contribution in [0.2, 0.25) is 5.02 Å². The quantitative estimate of drug-likeness (QED) is 0.179. The number of anilines is 1. The van der Waals surface area contributed by atoms with Crippen LogP contribution in [0.1, 0.15) is 11.1 Å². The monoisotopic (exact) mass is 596 g/mol. The highest BCUT2D eigenvalue weighted by molar-refractivity contribution is 7.92. The van der Waals surface area contributed by atoms with E-state index in [1.807, 2.05) is 55.6 Å². The number of halogens is 1. The Bertz CT molecular complexity index is 1320. The number of likely N-dealkylation sites (N-methyl/N-ethyl adjacent to an activating group) is 1. The third-order valence-corrected chi connectivity index (χ3v) is 7.53. The second kappa shape index (κ2) is 16.3. The molecule has 0 aromatic heterocycles. The van der Waals surface area contributed by atoms with Crippen molar-refractivity contribution in [3.05, 3.63) is 95.0 Å². The largest absolute Gasteiger partial charge is 0.565 e. The molecule has 0 aliphatic heterocycles. The molecular formula is C26H30ClN2O8PS. The minimum absolute atomic E-state index is 0.0500. The lowest BCUT2D eigenvalue weighted by atomic mass is 10.1. The molecule has 3 rings (SSSR count). The molecule has 1 unspecified atom stereocenters. The Balaban J connectivity index is 0.000000976. The number of nitrogens with zero attached hydrogens (tertiary/aromatic N) is 2. The first-order chi connectivity index (χ1) is 18.6.